The molecular formula is C16H16BrN3O. The van der Waals surface area contributed by atoms with Gasteiger partial charge in [-0.05, 0) is 45.8 Å². The third kappa shape index (κ3) is 4.16. The highest BCUT2D eigenvalue weighted by Crippen LogP contribution is 2.15. The molecule has 0 aliphatic heterocycles. The molecule has 1 N–H and O–H groups in total. The van der Waals surface area contributed by atoms with Crippen LogP contribution in [-0.2, 0) is 0 Å². The number of nitrogens with one attached hydrogen (secondary N) is 1. The van der Waals surface area contributed by atoms with E-state index >= 15 is 0 Å². The van der Waals surface area contributed by atoms with E-state index in [4.69, 9.17) is 0 Å². The van der Waals surface area contributed by atoms with Crippen molar-refractivity contribution in [1.29, 1.82) is 0 Å². The maximum Gasteiger partial charge on any atom is 0.272 e. The molecule has 0 atom stereocenters. The number of nitrogens with zero attached hydrogens (tertiary/aromatic N) is 2. The van der Waals surface area contributed by atoms with Crippen molar-refractivity contribution in [2.75, 3.05) is 19.0 Å². The topological polar surface area (TPSA) is 44.7 Å². The number of benzene rings is 2. The Morgan fingerprint density at radius 3 is 2.43 bits per heavy atom. The van der Waals surface area contributed by atoms with Crippen molar-refractivity contribution in [3.05, 3.63) is 64.1 Å². The average Bonchev–Trinajstić information content (AvgIpc) is 2.48. The summed E-state index contributed by atoms with van der Waals surface area (Å²) in [6, 6.07) is 15.1. The first-order valence-corrected chi connectivity index (χ1v) is 7.22. The number of anilines is 1. The molecule has 0 unspecified atom stereocenters. The molecule has 0 saturated heterocycles. The molecule has 2 aromatic carbocycles. The second-order valence-corrected chi connectivity index (χ2v) is 5.52. The second-order valence-electron chi connectivity index (χ2n) is 4.66. The molecule has 0 radical (unpaired) electrons. The Morgan fingerprint density at radius 2 is 1.81 bits per heavy atom. The van der Waals surface area contributed by atoms with Crippen LogP contribution in [0.4, 0.5) is 5.69 Å². The van der Waals surface area contributed by atoms with Crippen LogP contribution in [0.1, 0.15) is 15.9 Å². The van der Waals surface area contributed by atoms with E-state index in [1.54, 1.807) is 12.3 Å². The van der Waals surface area contributed by atoms with Gasteiger partial charge in [0.25, 0.3) is 5.91 Å². The molecule has 2 rings (SSSR count). The molecule has 1 amide bonds. The zero-order valence-corrected chi connectivity index (χ0v) is 13.5. The van der Waals surface area contributed by atoms with Crippen molar-refractivity contribution >= 4 is 33.7 Å². The van der Waals surface area contributed by atoms with Gasteiger partial charge in [0, 0.05) is 24.3 Å². The van der Waals surface area contributed by atoms with Gasteiger partial charge < -0.3 is 4.90 Å². The molecule has 0 bridgehead atoms. The lowest BCUT2D eigenvalue weighted by Crippen LogP contribution is -2.18. The first-order valence-electron chi connectivity index (χ1n) is 6.43. The van der Waals surface area contributed by atoms with E-state index in [0.717, 1.165) is 15.7 Å². The largest absolute Gasteiger partial charge is 0.378 e. The number of hydrogen-bond acceptors (Lipinski definition) is 3. The van der Waals surface area contributed by atoms with Crippen LogP contribution in [0.2, 0.25) is 0 Å². The number of carbonyl (C=O) groups excluding carboxylic acids is 1. The van der Waals surface area contributed by atoms with Crippen LogP contribution in [0.15, 0.2) is 58.1 Å². The summed E-state index contributed by atoms with van der Waals surface area (Å²) in [5, 5.41) is 3.97. The lowest BCUT2D eigenvalue weighted by molar-refractivity contribution is 0.0954. The number of halogens is 1. The fourth-order valence-corrected chi connectivity index (χ4v) is 2.19. The van der Waals surface area contributed by atoms with E-state index in [9.17, 15) is 4.79 Å². The third-order valence-corrected chi connectivity index (χ3v) is 3.60. The van der Waals surface area contributed by atoms with E-state index in [2.05, 4.69) is 26.5 Å². The van der Waals surface area contributed by atoms with Gasteiger partial charge in [-0.25, -0.2) is 5.43 Å². The van der Waals surface area contributed by atoms with Crippen LogP contribution in [-0.4, -0.2) is 26.2 Å². The first-order chi connectivity index (χ1) is 10.1. The minimum atomic E-state index is -0.247. The van der Waals surface area contributed by atoms with E-state index in [-0.39, 0.29) is 5.91 Å². The van der Waals surface area contributed by atoms with Gasteiger partial charge in [-0.2, -0.15) is 5.10 Å². The van der Waals surface area contributed by atoms with Crippen LogP contribution in [0.3, 0.4) is 0 Å². The van der Waals surface area contributed by atoms with Crippen molar-refractivity contribution < 1.29 is 4.79 Å². The van der Waals surface area contributed by atoms with Gasteiger partial charge in [0.2, 0.25) is 0 Å². The normalized spacial score (nSPS) is 10.6. The van der Waals surface area contributed by atoms with Gasteiger partial charge in [0.05, 0.1) is 11.8 Å². The summed E-state index contributed by atoms with van der Waals surface area (Å²) < 4.78 is 0.744. The molecular weight excluding hydrogens is 330 g/mol. The molecule has 0 aliphatic carbocycles. The number of hydrazone groups is 1. The number of hydrogen-bond donors (Lipinski definition) is 1. The summed E-state index contributed by atoms with van der Waals surface area (Å²) >= 11 is 3.34. The van der Waals surface area contributed by atoms with E-state index in [0.29, 0.717) is 5.56 Å². The third-order valence-electron chi connectivity index (χ3n) is 2.91. The van der Waals surface area contributed by atoms with Gasteiger partial charge in [0.1, 0.15) is 0 Å². The molecule has 0 heterocycles. The van der Waals surface area contributed by atoms with Crippen molar-refractivity contribution in [2.45, 2.75) is 0 Å². The van der Waals surface area contributed by atoms with E-state index in [1.807, 2.05) is 61.5 Å². The Balaban J connectivity index is 1.99. The smallest absolute Gasteiger partial charge is 0.272 e. The quantitative estimate of drug-likeness (QED) is 0.682. The molecule has 0 aliphatic rings. The Kier molecular flexibility index (Phi) is 5.11. The number of amides is 1. The lowest BCUT2D eigenvalue weighted by Gasteiger charge is -2.11. The second kappa shape index (κ2) is 7.04. The average molecular weight is 346 g/mol. The Bertz CT molecular complexity index is 651. The van der Waals surface area contributed by atoms with E-state index < -0.39 is 0 Å². The standard InChI is InChI=1S/C16H16BrN3O/c1-20(2)13-9-7-12(8-10-13)11-18-19-16(21)14-5-3-4-6-15(14)17/h3-11H,1-2H3,(H,19,21)/b18-11+. The molecule has 0 fully saturated rings. The van der Waals surface area contributed by atoms with Gasteiger partial charge in [-0.1, -0.05) is 24.3 Å². The predicted molar refractivity (Wildman–Crippen MR) is 90.0 cm³/mol. The molecule has 4 nitrogen and oxygen atoms in total. The Labute approximate surface area is 132 Å². The van der Waals surface area contributed by atoms with Crippen LogP contribution in [0.25, 0.3) is 0 Å². The minimum absolute atomic E-state index is 0.247. The summed E-state index contributed by atoms with van der Waals surface area (Å²) in [5.74, 6) is -0.247. The Hall–Kier alpha value is -2.14. The summed E-state index contributed by atoms with van der Waals surface area (Å²) in [4.78, 5) is 14.0. The van der Waals surface area contributed by atoms with Crippen LogP contribution in [0.5, 0.6) is 0 Å². The van der Waals surface area contributed by atoms with Gasteiger partial charge in [-0.15, -0.1) is 0 Å². The first kappa shape index (κ1) is 15.3. The zero-order valence-electron chi connectivity index (χ0n) is 11.9. The monoisotopic (exact) mass is 345 g/mol. The molecule has 21 heavy (non-hydrogen) atoms. The van der Waals surface area contributed by atoms with Crippen molar-refractivity contribution in [3.8, 4) is 0 Å². The molecule has 0 saturated carbocycles. The van der Waals surface area contributed by atoms with Gasteiger partial charge in [0.15, 0.2) is 0 Å². The number of carbonyl (C=O) groups is 1. The Morgan fingerprint density at radius 1 is 1.14 bits per heavy atom. The zero-order chi connectivity index (χ0) is 15.2. The molecule has 2 aromatic rings. The highest BCUT2D eigenvalue weighted by atomic mass is 79.9. The molecule has 108 valence electrons. The maximum atomic E-state index is 11.9. The summed E-state index contributed by atoms with van der Waals surface area (Å²) in [5.41, 5.74) is 5.11. The molecule has 0 spiro atoms. The number of rotatable bonds is 4. The fourth-order valence-electron chi connectivity index (χ4n) is 1.73. The van der Waals surface area contributed by atoms with Crippen LogP contribution >= 0.6 is 15.9 Å². The summed E-state index contributed by atoms with van der Waals surface area (Å²) in [6.45, 7) is 0. The van der Waals surface area contributed by atoms with Crippen LogP contribution < -0.4 is 10.3 Å². The van der Waals surface area contributed by atoms with Crippen molar-refractivity contribution in [3.63, 3.8) is 0 Å². The fraction of sp³-hybridized carbons (Fsp3) is 0.125. The van der Waals surface area contributed by atoms with Crippen molar-refractivity contribution in [2.24, 2.45) is 5.10 Å². The van der Waals surface area contributed by atoms with Gasteiger partial charge in [-0.3, -0.25) is 4.79 Å². The lowest BCUT2D eigenvalue weighted by atomic mass is 10.2. The summed E-state index contributed by atoms with van der Waals surface area (Å²) in [7, 11) is 3.97. The van der Waals surface area contributed by atoms with Crippen LogP contribution in [0, 0.1) is 0 Å². The highest BCUT2D eigenvalue weighted by molar-refractivity contribution is 9.10. The molecule has 0 aromatic heterocycles. The van der Waals surface area contributed by atoms with E-state index in [1.165, 1.54) is 0 Å². The predicted octanol–water partition coefficient (Wildman–Crippen LogP) is 3.28. The SMILES string of the molecule is CN(C)c1ccc(/C=N/NC(=O)c2ccccc2Br)cc1. The maximum absolute atomic E-state index is 11.9. The highest BCUT2D eigenvalue weighted by Gasteiger charge is 2.07. The summed E-state index contributed by atoms with van der Waals surface area (Å²) in [6.07, 6.45) is 1.62. The van der Waals surface area contributed by atoms with Gasteiger partial charge >= 0.3 is 0 Å². The van der Waals surface area contributed by atoms with Crippen molar-refractivity contribution in [1.82, 2.24) is 5.43 Å². The molecule has 5 heteroatoms. The minimum Gasteiger partial charge on any atom is -0.378 e.